The summed E-state index contributed by atoms with van der Waals surface area (Å²) in [6, 6.07) is 11.5. The van der Waals surface area contributed by atoms with Crippen molar-refractivity contribution in [3.05, 3.63) is 57.3 Å². The number of rotatable bonds is 14. The van der Waals surface area contributed by atoms with E-state index in [-0.39, 0.29) is 0 Å². The summed E-state index contributed by atoms with van der Waals surface area (Å²) in [6.45, 7) is 2.93. The summed E-state index contributed by atoms with van der Waals surface area (Å²) in [4.78, 5) is 5.33. The second kappa shape index (κ2) is 13.1. The van der Waals surface area contributed by atoms with Crippen LogP contribution < -0.4 is 9.47 Å². The molecule has 0 spiro atoms. The van der Waals surface area contributed by atoms with Gasteiger partial charge in [-0.2, -0.15) is 0 Å². The molecule has 0 unspecified atom stereocenters. The Hall–Kier alpha value is -3.16. The van der Waals surface area contributed by atoms with E-state index in [0.717, 1.165) is 22.3 Å². The van der Waals surface area contributed by atoms with Gasteiger partial charge in [0, 0.05) is 33.7 Å². The molecule has 0 saturated heterocycles. The highest BCUT2D eigenvalue weighted by atomic mass is 16.5. The first kappa shape index (κ1) is 21.1. The topological polar surface area (TPSA) is 134 Å². The Morgan fingerprint density at radius 3 is 1.54 bits per heavy atom. The smallest absolute Gasteiger partial charge is 0.127 e. The maximum absolute atomic E-state index is 8.20. The lowest BCUT2D eigenvalue weighted by Gasteiger charge is -2.13. The summed E-state index contributed by atoms with van der Waals surface area (Å²) < 4.78 is 22.3. The molecular weight excluding hydrogens is 364 g/mol. The van der Waals surface area contributed by atoms with Gasteiger partial charge in [-0.1, -0.05) is 34.5 Å². The van der Waals surface area contributed by atoms with Crippen molar-refractivity contribution < 1.29 is 18.9 Å². The van der Waals surface area contributed by atoms with Crippen molar-refractivity contribution in [3.8, 4) is 11.5 Å². The molecule has 28 heavy (non-hydrogen) atoms. The van der Waals surface area contributed by atoms with E-state index in [4.69, 9.17) is 30.0 Å². The third kappa shape index (κ3) is 7.22. The lowest BCUT2D eigenvalue weighted by Crippen LogP contribution is -2.09. The average Bonchev–Trinajstić information content (AvgIpc) is 2.72. The second-order valence-electron chi connectivity index (χ2n) is 5.44. The van der Waals surface area contributed by atoms with Crippen LogP contribution in [0, 0.1) is 0 Å². The molecule has 0 radical (unpaired) electrons. The zero-order chi connectivity index (χ0) is 19.9. The quantitative estimate of drug-likeness (QED) is 0.207. The molecule has 2 aromatic rings. The molecule has 0 atom stereocenters. The molecule has 0 bridgehead atoms. The van der Waals surface area contributed by atoms with E-state index in [1.807, 2.05) is 36.4 Å². The molecule has 0 aromatic heterocycles. The first-order valence-electron chi connectivity index (χ1n) is 8.81. The Morgan fingerprint density at radius 2 is 1.11 bits per heavy atom. The van der Waals surface area contributed by atoms with Crippen LogP contribution in [0.5, 0.6) is 11.5 Å². The van der Waals surface area contributed by atoms with Gasteiger partial charge < -0.3 is 18.9 Å². The van der Waals surface area contributed by atoms with E-state index in [9.17, 15) is 0 Å². The van der Waals surface area contributed by atoms with Gasteiger partial charge in [0.25, 0.3) is 0 Å². The predicted molar refractivity (Wildman–Crippen MR) is 105 cm³/mol. The minimum absolute atomic E-state index is 0.306. The molecule has 0 N–H and O–H groups in total. The van der Waals surface area contributed by atoms with Gasteiger partial charge >= 0.3 is 0 Å². The molecule has 10 nitrogen and oxygen atoms in total. The normalized spacial score (nSPS) is 10.1. The van der Waals surface area contributed by atoms with Crippen LogP contribution in [0.25, 0.3) is 31.7 Å². The maximum atomic E-state index is 8.20. The molecule has 148 valence electrons. The van der Waals surface area contributed by atoms with Crippen molar-refractivity contribution in [3.63, 3.8) is 0 Å². The van der Waals surface area contributed by atoms with Crippen LogP contribution in [-0.2, 0) is 9.47 Å². The van der Waals surface area contributed by atoms with Crippen molar-refractivity contribution >= 4 is 10.8 Å². The molecule has 0 saturated carbocycles. The van der Waals surface area contributed by atoms with Crippen LogP contribution in [0.15, 0.2) is 46.6 Å². The summed E-state index contributed by atoms with van der Waals surface area (Å²) in [6.07, 6.45) is 0. The number of hydrogen-bond acceptors (Lipinski definition) is 6. The predicted octanol–water partition coefficient (Wildman–Crippen LogP) is 4.25. The molecule has 2 aromatic carbocycles. The van der Waals surface area contributed by atoms with Gasteiger partial charge in [0.05, 0.1) is 26.4 Å². The molecule has 0 amide bonds. The van der Waals surface area contributed by atoms with E-state index >= 15 is 0 Å². The molecular formula is C18H22N6O4. The Balaban J connectivity index is 1.85. The third-order valence-electron chi connectivity index (χ3n) is 3.61. The van der Waals surface area contributed by atoms with Gasteiger partial charge in [0.1, 0.15) is 24.7 Å². The van der Waals surface area contributed by atoms with Crippen molar-refractivity contribution in [2.45, 2.75) is 0 Å². The van der Waals surface area contributed by atoms with Crippen LogP contribution in [0.2, 0.25) is 0 Å². The zero-order valence-corrected chi connectivity index (χ0v) is 15.4. The van der Waals surface area contributed by atoms with Gasteiger partial charge in [0.15, 0.2) is 0 Å². The van der Waals surface area contributed by atoms with E-state index < -0.39 is 0 Å². The zero-order valence-electron chi connectivity index (χ0n) is 15.4. The van der Waals surface area contributed by atoms with E-state index in [1.165, 1.54) is 0 Å². The van der Waals surface area contributed by atoms with Gasteiger partial charge in [-0.25, -0.2) is 0 Å². The highest BCUT2D eigenvalue weighted by molar-refractivity contribution is 5.93. The standard InChI is InChI=1S/C18H22N6O4/c19-23-21-7-9-25-11-13-27-17-5-1-3-15-16(17)4-2-6-18(15)28-14-12-26-10-8-22-24-20/h1-6H,7-14H2. The van der Waals surface area contributed by atoms with Gasteiger partial charge in [-0.3, -0.25) is 0 Å². The fraction of sp³-hybridized carbons (Fsp3) is 0.444. The molecule has 0 fully saturated rings. The number of ether oxygens (including phenoxy) is 4. The highest BCUT2D eigenvalue weighted by Gasteiger charge is 2.07. The van der Waals surface area contributed by atoms with Crippen LogP contribution in [-0.4, -0.2) is 52.7 Å². The van der Waals surface area contributed by atoms with E-state index in [0.29, 0.717) is 52.7 Å². The number of fused-ring (bicyclic) bond motifs is 1. The first-order valence-corrected chi connectivity index (χ1v) is 8.81. The average molecular weight is 386 g/mol. The molecule has 0 aliphatic heterocycles. The third-order valence-corrected chi connectivity index (χ3v) is 3.61. The minimum Gasteiger partial charge on any atom is -0.491 e. The number of benzene rings is 2. The minimum atomic E-state index is 0.306. The van der Waals surface area contributed by atoms with Crippen molar-refractivity contribution in [1.29, 1.82) is 0 Å². The largest absolute Gasteiger partial charge is 0.491 e. The number of azide groups is 2. The summed E-state index contributed by atoms with van der Waals surface area (Å²) in [5.41, 5.74) is 16.4. The molecule has 0 aliphatic rings. The summed E-state index contributed by atoms with van der Waals surface area (Å²) in [5.74, 6) is 1.49. The fourth-order valence-electron chi connectivity index (χ4n) is 2.43. The Kier molecular flexibility index (Phi) is 9.87. The van der Waals surface area contributed by atoms with Crippen LogP contribution in [0.1, 0.15) is 0 Å². The lowest BCUT2D eigenvalue weighted by atomic mass is 10.1. The fourth-order valence-corrected chi connectivity index (χ4v) is 2.43. The second-order valence-corrected chi connectivity index (χ2v) is 5.44. The number of nitrogens with zero attached hydrogens (tertiary/aromatic N) is 6. The van der Waals surface area contributed by atoms with Crippen molar-refractivity contribution in [2.24, 2.45) is 10.2 Å². The maximum Gasteiger partial charge on any atom is 0.127 e. The monoisotopic (exact) mass is 386 g/mol. The summed E-state index contributed by atoms with van der Waals surface area (Å²) >= 11 is 0. The van der Waals surface area contributed by atoms with Gasteiger partial charge in [-0.05, 0) is 23.2 Å². The first-order chi connectivity index (χ1) is 13.9. The Morgan fingerprint density at radius 1 is 0.643 bits per heavy atom. The summed E-state index contributed by atoms with van der Waals surface area (Å²) in [7, 11) is 0. The highest BCUT2D eigenvalue weighted by Crippen LogP contribution is 2.32. The lowest BCUT2D eigenvalue weighted by molar-refractivity contribution is 0.106. The van der Waals surface area contributed by atoms with E-state index in [1.54, 1.807) is 0 Å². The number of hydrogen-bond donors (Lipinski definition) is 0. The van der Waals surface area contributed by atoms with Crippen LogP contribution in [0.4, 0.5) is 0 Å². The summed E-state index contributed by atoms with van der Waals surface area (Å²) in [5, 5.41) is 8.69. The molecule has 0 heterocycles. The van der Waals surface area contributed by atoms with E-state index in [2.05, 4.69) is 20.1 Å². The molecule has 10 heteroatoms. The SMILES string of the molecule is [N-]=[N+]=NCCOCCOc1cccc2c(OCCOCCN=[N+]=[N-])cccc12. The van der Waals surface area contributed by atoms with Crippen LogP contribution in [0.3, 0.4) is 0 Å². The van der Waals surface area contributed by atoms with Gasteiger partial charge in [0.2, 0.25) is 0 Å². The van der Waals surface area contributed by atoms with Crippen molar-refractivity contribution in [1.82, 2.24) is 0 Å². The molecule has 2 rings (SSSR count). The Bertz CT molecular complexity index is 765. The molecule has 0 aliphatic carbocycles. The van der Waals surface area contributed by atoms with Gasteiger partial charge in [-0.15, -0.1) is 0 Å². The van der Waals surface area contributed by atoms with Crippen molar-refractivity contribution in [2.75, 3.05) is 52.7 Å². The van der Waals surface area contributed by atoms with Crippen LogP contribution >= 0.6 is 0 Å². The Labute approximate surface area is 162 Å².